The fraction of sp³-hybridized carbons (Fsp3) is 0.895. The fourth-order valence-electron chi connectivity index (χ4n) is 5.31. The van der Waals surface area contributed by atoms with Crippen LogP contribution in [0, 0.1) is 0 Å². The van der Waals surface area contributed by atoms with E-state index in [1.807, 2.05) is 0 Å². The molecule has 0 aromatic carbocycles. The predicted molar refractivity (Wildman–Crippen MR) is 189 cm³/mol. The van der Waals surface area contributed by atoms with E-state index in [1.165, 1.54) is 166 Å². The van der Waals surface area contributed by atoms with E-state index in [-0.39, 0.29) is 5.97 Å². The van der Waals surface area contributed by atoms with E-state index in [9.17, 15) is 9.59 Å². The Morgan fingerprint density at radius 1 is 0.442 bits per heavy atom. The molecule has 0 unspecified atom stereocenters. The van der Waals surface area contributed by atoms with Crippen LogP contribution in [-0.4, -0.2) is 30.9 Å². The summed E-state index contributed by atoms with van der Waals surface area (Å²) in [6, 6.07) is 0. The van der Waals surface area contributed by atoms with E-state index in [0.717, 1.165) is 37.9 Å². The fourth-order valence-corrected chi connectivity index (χ4v) is 6.24. The van der Waals surface area contributed by atoms with Crippen molar-refractivity contribution in [3.05, 3.63) is 11.0 Å². The monoisotopic (exact) mass is 625 g/mol. The van der Waals surface area contributed by atoms with E-state index < -0.39 is 5.97 Å². The third-order valence-electron chi connectivity index (χ3n) is 8.18. The molecule has 0 aliphatic rings. The van der Waals surface area contributed by atoms with E-state index in [0.29, 0.717) is 18.1 Å². The summed E-state index contributed by atoms with van der Waals surface area (Å²) in [4.78, 5) is 25.8. The van der Waals surface area contributed by atoms with Gasteiger partial charge in [-0.15, -0.1) is 11.8 Å². The molecule has 4 nitrogen and oxygen atoms in total. The van der Waals surface area contributed by atoms with Crippen molar-refractivity contribution >= 4 is 23.7 Å². The molecule has 0 N–H and O–H groups in total. The normalized spacial score (nSPS) is 11.7. The van der Waals surface area contributed by atoms with Crippen molar-refractivity contribution in [3.8, 4) is 0 Å². The van der Waals surface area contributed by atoms with Gasteiger partial charge in [-0.1, -0.05) is 181 Å². The average molecular weight is 625 g/mol. The molecule has 254 valence electrons. The van der Waals surface area contributed by atoms with Crippen molar-refractivity contribution in [2.45, 2.75) is 201 Å². The zero-order valence-corrected chi connectivity index (χ0v) is 29.9. The Kier molecular flexibility index (Phi) is 34.7. The lowest BCUT2D eigenvalue weighted by Gasteiger charge is -2.09. The zero-order chi connectivity index (χ0) is 31.5. The minimum Gasteiger partial charge on any atom is -0.462 e. The summed E-state index contributed by atoms with van der Waals surface area (Å²) in [5.41, 5.74) is 0. The van der Waals surface area contributed by atoms with Gasteiger partial charge in [0.05, 0.1) is 18.1 Å². The van der Waals surface area contributed by atoms with Crippen LogP contribution in [-0.2, 0) is 19.1 Å². The van der Waals surface area contributed by atoms with Gasteiger partial charge in [0.15, 0.2) is 0 Å². The molecule has 43 heavy (non-hydrogen) atoms. The summed E-state index contributed by atoms with van der Waals surface area (Å²) < 4.78 is 11.0. The number of hydrogen-bond donors (Lipinski definition) is 0. The van der Waals surface area contributed by atoms with Gasteiger partial charge in [0.25, 0.3) is 0 Å². The second-order valence-electron chi connectivity index (χ2n) is 12.5. The molecule has 0 aromatic heterocycles. The van der Waals surface area contributed by atoms with Crippen LogP contribution >= 0.6 is 11.8 Å². The van der Waals surface area contributed by atoms with E-state index in [1.54, 1.807) is 0 Å². The van der Waals surface area contributed by atoms with Crippen molar-refractivity contribution in [2.75, 3.05) is 19.0 Å². The summed E-state index contributed by atoms with van der Waals surface area (Å²) in [7, 11) is 0. The van der Waals surface area contributed by atoms with E-state index in [4.69, 9.17) is 9.47 Å². The number of esters is 2. The lowest BCUT2D eigenvalue weighted by Crippen LogP contribution is -2.11. The number of hydrogen-bond acceptors (Lipinski definition) is 5. The van der Waals surface area contributed by atoms with Gasteiger partial charge in [-0.25, -0.2) is 9.59 Å². The molecule has 0 bridgehead atoms. The Bertz CT molecular complexity index is 633. The van der Waals surface area contributed by atoms with Gasteiger partial charge < -0.3 is 9.47 Å². The Labute approximate surface area is 272 Å². The van der Waals surface area contributed by atoms with Gasteiger partial charge in [0.2, 0.25) is 0 Å². The van der Waals surface area contributed by atoms with Gasteiger partial charge in [-0.3, -0.25) is 0 Å². The standard InChI is InChI=1S/C38H72O4S/c1-4-7-10-13-16-19-21-23-26-29-32-41-37(39)35-36(43-34-31-28-25-18-15-12-9-6-3)38(40)42-33-30-27-24-22-20-17-14-11-8-5-2/h35H,4-34H2,1-3H3. The molecule has 0 aliphatic heterocycles. The summed E-state index contributed by atoms with van der Waals surface area (Å²) >= 11 is 1.46. The highest BCUT2D eigenvalue weighted by Crippen LogP contribution is 2.21. The SMILES string of the molecule is CCCCCCCCCCCCOC(=O)C=C(SCCCCCCCCCC)C(=O)OCCCCCCCCCCCC. The van der Waals surface area contributed by atoms with Gasteiger partial charge in [0, 0.05) is 6.08 Å². The third-order valence-corrected chi connectivity index (χ3v) is 9.27. The van der Waals surface area contributed by atoms with Gasteiger partial charge >= 0.3 is 11.9 Å². The van der Waals surface area contributed by atoms with Crippen LogP contribution in [0.25, 0.3) is 0 Å². The second-order valence-corrected chi connectivity index (χ2v) is 13.6. The van der Waals surface area contributed by atoms with Gasteiger partial charge in [-0.05, 0) is 25.0 Å². The number of thioether (sulfide) groups is 1. The van der Waals surface area contributed by atoms with Crippen LogP contribution in [0.4, 0.5) is 0 Å². The topological polar surface area (TPSA) is 52.6 Å². The Morgan fingerprint density at radius 3 is 1.16 bits per heavy atom. The largest absolute Gasteiger partial charge is 0.462 e. The molecular weight excluding hydrogens is 552 g/mol. The van der Waals surface area contributed by atoms with Crippen molar-refractivity contribution < 1.29 is 19.1 Å². The quantitative estimate of drug-likeness (QED) is 0.0405. The Balaban J connectivity index is 4.30. The molecule has 0 atom stereocenters. The molecule has 0 saturated heterocycles. The van der Waals surface area contributed by atoms with Crippen LogP contribution in [0.1, 0.15) is 201 Å². The van der Waals surface area contributed by atoms with Crippen molar-refractivity contribution in [3.63, 3.8) is 0 Å². The van der Waals surface area contributed by atoms with Crippen LogP contribution in [0.3, 0.4) is 0 Å². The van der Waals surface area contributed by atoms with Crippen LogP contribution in [0.2, 0.25) is 0 Å². The molecule has 0 heterocycles. The summed E-state index contributed by atoms with van der Waals surface area (Å²) in [5.74, 6) is 0.0569. The lowest BCUT2D eigenvalue weighted by molar-refractivity contribution is -0.140. The number of carbonyl (C=O) groups excluding carboxylic acids is 2. The first-order valence-corrected chi connectivity index (χ1v) is 19.8. The molecule has 0 aromatic rings. The van der Waals surface area contributed by atoms with Crippen molar-refractivity contribution in [2.24, 2.45) is 0 Å². The van der Waals surface area contributed by atoms with Gasteiger partial charge in [0.1, 0.15) is 0 Å². The maximum Gasteiger partial charge on any atom is 0.344 e. The molecule has 5 heteroatoms. The highest BCUT2D eigenvalue weighted by atomic mass is 32.2. The summed E-state index contributed by atoms with van der Waals surface area (Å²) in [6.45, 7) is 7.62. The van der Waals surface area contributed by atoms with Gasteiger partial charge in [-0.2, -0.15) is 0 Å². The van der Waals surface area contributed by atoms with E-state index in [2.05, 4.69) is 20.8 Å². The average Bonchev–Trinajstić information content (AvgIpc) is 3.01. The number of unbranched alkanes of at least 4 members (excludes halogenated alkanes) is 25. The molecule has 0 saturated carbocycles. The summed E-state index contributed by atoms with van der Waals surface area (Å²) in [5, 5.41) is 0. The van der Waals surface area contributed by atoms with Crippen LogP contribution in [0.15, 0.2) is 11.0 Å². The minimum atomic E-state index is -0.412. The minimum absolute atomic E-state index is 0.364. The molecular formula is C38H72O4S. The Hall–Kier alpha value is -0.970. The molecule has 0 rings (SSSR count). The molecule has 0 amide bonds. The first-order valence-electron chi connectivity index (χ1n) is 18.8. The number of ether oxygens (including phenoxy) is 2. The van der Waals surface area contributed by atoms with Crippen molar-refractivity contribution in [1.29, 1.82) is 0 Å². The second kappa shape index (κ2) is 35.5. The summed E-state index contributed by atoms with van der Waals surface area (Å²) in [6.07, 6.45) is 36.4. The predicted octanol–water partition coefficient (Wildman–Crippen LogP) is 12.7. The highest BCUT2D eigenvalue weighted by Gasteiger charge is 2.15. The maximum atomic E-state index is 12.8. The molecule has 0 fully saturated rings. The van der Waals surface area contributed by atoms with Crippen LogP contribution < -0.4 is 0 Å². The van der Waals surface area contributed by atoms with Crippen LogP contribution in [0.5, 0.6) is 0 Å². The number of rotatable bonds is 34. The third kappa shape index (κ3) is 32.2. The molecule has 0 aliphatic carbocycles. The smallest absolute Gasteiger partial charge is 0.344 e. The Morgan fingerprint density at radius 2 is 0.767 bits per heavy atom. The maximum absolute atomic E-state index is 12.8. The molecule has 0 radical (unpaired) electrons. The molecule has 0 spiro atoms. The number of carbonyl (C=O) groups is 2. The highest BCUT2D eigenvalue weighted by molar-refractivity contribution is 8.04. The van der Waals surface area contributed by atoms with E-state index >= 15 is 0 Å². The first kappa shape index (κ1) is 42.0. The lowest BCUT2D eigenvalue weighted by atomic mass is 10.1. The first-order chi connectivity index (χ1) is 21.2. The zero-order valence-electron chi connectivity index (χ0n) is 29.0. The van der Waals surface area contributed by atoms with Crippen molar-refractivity contribution in [1.82, 2.24) is 0 Å².